The molecule has 1 aromatic heterocycles. The second kappa shape index (κ2) is 5.27. The zero-order chi connectivity index (χ0) is 13.2. The lowest BCUT2D eigenvalue weighted by molar-refractivity contribution is 0.364. The molecule has 6 heteroatoms. The van der Waals surface area contributed by atoms with Gasteiger partial charge in [0.1, 0.15) is 5.82 Å². The van der Waals surface area contributed by atoms with E-state index in [0.717, 1.165) is 13.0 Å². The topological polar surface area (TPSA) is 51.0 Å². The van der Waals surface area contributed by atoms with E-state index in [9.17, 15) is 4.39 Å². The molecule has 0 aliphatic carbocycles. The van der Waals surface area contributed by atoms with Gasteiger partial charge >= 0.3 is 0 Å². The molecule has 1 atom stereocenters. The van der Waals surface area contributed by atoms with E-state index < -0.39 is 0 Å². The highest BCUT2D eigenvalue weighted by Gasteiger charge is 2.19. The second-order valence-corrected chi connectivity index (χ2v) is 5.04. The molecule has 1 aliphatic heterocycles. The molecule has 1 fully saturated rings. The maximum absolute atomic E-state index is 13.0. The molecule has 1 unspecified atom stereocenters. The molecule has 3 rings (SSSR count). The van der Waals surface area contributed by atoms with E-state index in [1.165, 1.54) is 18.6 Å². The Morgan fingerprint density at radius 3 is 3.11 bits per heavy atom. The molecule has 0 saturated carbocycles. The van der Waals surface area contributed by atoms with Crippen LogP contribution >= 0.6 is 11.6 Å². The van der Waals surface area contributed by atoms with Crippen molar-refractivity contribution in [1.82, 2.24) is 15.5 Å². The Bertz CT molecular complexity index is 581. The van der Waals surface area contributed by atoms with Crippen molar-refractivity contribution in [2.75, 3.05) is 6.54 Å². The SMILES string of the molecule is Fc1ccc(-c2noc(CC3CCCN3)n2)c(Cl)c1. The van der Waals surface area contributed by atoms with E-state index in [2.05, 4.69) is 15.5 Å². The van der Waals surface area contributed by atoms with Gasteiger partial charge in [0, 0.05) is 18.0 Å². The van der Waals surface area contributed by atoms with Gasteiger partial charge in [0.2, 0.25) is 11.7 Å². The van der Waals surface area contributed by atoms with Gasteiger partial charge in [0.15, 0.2) is 0 Å². The van der Waals surface area contributed by atoms with Crippen molar-refractivity contribution in [3.63, 3.8) is 0 Å². The first-order valence-electron chi connectivity index (χ1n) is 6.24. The summed E-state index contributed by atoms with van der Waals surface area (Å²) in [5, 5.41) is 7.55. The molecule has 1 aromatic carbocycles. The van der Waals surface area contributed by atoms with E-state index in [1.54, 1.807) is 6.07 Å². The van der Waals surface area contributed by atoms with Gasteiger partial charge in [-0.25, -0.2) is 4.39 Å². The van der Waals surface area contributed by atoms with E-state index >= 15 is 0 Å². The minimum absolute atomic E-state index is 0.284. The van der Waals surface area contributed by atoms with Crippen LogP contribution in [0.2, 0.25) is 5.02 Å². The van der Waals surface area contributed by atoms with Gasteiger partial charge in [0.05, 0.1) is 5.02 Å². The highest BCUT2D eigenvalue weighted by Crippen LogP contribution is 2.26. The fraction of sp³-hybridized carbons (Fsp3) is 0.385. The summed E-state index contributed by atoms with van der Waals surface area (Å²) in [7, 11) is 0. The average Bonchev–Trinajstić information content (AvgIpc) is 3.01. The molecular formula is C13H13ClFN3O. The molecule has 4 nitrogen and oxygen atoms in total. The minimum atomic E-state index is -0.382. The number of hydrogen-bond donors (Lipinski definition) is 1. The largest absolute Gasteiger partial charge is 0.339 e. The van der Waals surface area contributed by atoms with Crippen LogP contribution in [0.3, 0.4) is 0 Å². The van der Waals surface area contributed by atoms with Crippen LogP contribution in [0.5, 0.6) is 0 Å². The lowest BCUT2D eigenvalue weighted by atomic mass is 10.1. The zero-order valence-corrected chi connectivity index (χ0v) is 11.0. The first-order valence-corrected chi connectivity index (χ1v) is 6.61. The van der Waals surface area contributed by atoms with Crippen LogP contribution < -0.4 is 5.32 Å². The Balaban J connectivity index is 1.80. The first kappa shape index (κ1) is 12.6. The molecule has 19 heavy (non-hydrogen) atoms. The van der Waals surface area contributed by atoms with Gasteiger partial charge in [-0.15, -0.1) is 0 Å². The summed E-state index contributed by atoms with van der Waals surface area (Å²) >= 11 is 5.97. The van der Waals surface area contributed by atoms with Crippen molar-refractivity contribution in [3.05, 3.63) is 34.9 Å². The molecule has 1 aliphatic rings. The Kier molecular flexibility index (Phi) is 3.48. The van der Waals surface area contributed by atoms with Gasteiger partial charge in [0.25, 0.3) is 0 Å². The molecule has 0 bridgehead atoms. The summed E-state index contributed by atoms with van der Waals surface area (Å²) < 4.78 is 18.2. The number of aromatic nitrogens is 2. The standard InChI is InChI=1S/C13H13ClFN3O/c14-11-6-8(15)3-4-10(11)13-17-12(19-18-13)7-9-2-1-5-16-9/h3-4,6,9,16H,1-2,5,7H2. The monoisotopic (exact) mass is 281 g/mol. The quantitative estimate of drug-likeness (QED) is 0.940. The Morgan fingerprint density at radius 2 is 2.37 bits per heavy atom. The minimum Gasteiger partial charge on any atom is -0.339 e. The lowest BCUT2D eigenvalue weighted by Crippen LogP contribution is -2.23. The fourth-order valence-corrected chi connectivity index (χ4v) is 2.51. The number of hydrogen-bond acceptors (Lipinski definition) is 4. The van der Waals surface area contributed by atoms with Crippen molar-refractivity contribution < 1.29 is 8.91 Å². The summed E-state index contributed by atoms with van der Waals surface area (Å²) in [4.78, 5) is 4.31. The van der Waals surface area contributed by atoms with Crippen LogP contribution in [0.1, 0.15) is 18.7 Å². The highest BCUT2D eigenvalue weighted by atomic mass is 35.5. The van der Waals surface area contributed by atoms with E-state index in [1.807, 2.05) is 0 Å². The second-order valence-electron chi connectivity index (χ2n) is 4.63. The van der Waals surface area contributed by atoms with Crippen molar-refractivity contribution in [3.8, 4) is 11.4 Å². The van der Waals surface area contributed by atoms with Crippen LogP contribution in [0.25, 0.3) is 11.4 Å². The number of nitrogens with zero attached hydrogens (tertiary/aromatic N) is 2. The van der Waals surface area contributed by atoms with Gasteiger partial charge in [-0.1, -0.05) is 16.8 Å². The fourth-order valence-electron chi connectivity index (χ4n) is 2.26. The van der Waals surface area contributed by atoms with Crippen molar-refractivity contribution in [2.24, 2.45) is 0 Å². The van der Waals surface area contributed by atoms with Crippen molar-refractivity contribution in [2.45, 2.75) is 25.3 Å². The molecule has 2 heterocycles. The molecular weight excluding hydrogens is 269 g/mol. The Labute approximate surface area is 115 Å². The maximum Gasteiger partial charge on any atom is 0.228 e. The molecule has 0 radical (unpaired) electrons. The predicted molar refractivity (Wildman–Crippen MR) is 69.4 cm³/mol. The molecule has 0 spiro atoms. The van der Waals surface area contributed by atoms with E-state index in [0.29, 0.717) is 29.7 Å². The van der Waals surface area contributed by atoms with Gasteiger partial charge in [-0.3, -0.25) is 0 Å². The van der Waals surface area contributed by atoms with Gasteiger partial charge in [-0.2, -0.15) is 4.98 Å². The van der Waals surface area contributed by atoms with Crippen molar-refractivity contribution >= 4 is 11.6 Å². The predicted octanol–water partition coefficient (Wildman–Crippen LogP) is 2.82. The Morgan fingerprint density at radius 1 is 1.47 bits per heavy atom. The smallest absolute Gasteiger partial charge is 0.228 e. The summed E-state index contributed by atoms with van der Waals surface area (Å²) in [6, 6.07) is 4.53. The lowest BCUT2D eigenvalue weighted by Gasteiger charge is -2.04. The molecule has 0 amide bonds. The number of rotatable bonds is 3. The zero-order valence-electron chi connectivity index (χ0n) is 10.2. The molecule has 100 valence electrons. The maximum atomic E-state index is 13.0. The summed E-state index contributed by atoms with van der Waals surface area (Å²) in [6.07, 6.45) is 3.01. The molecule has 2 aromatic rings. The summed E-state index contributed by atoms with van der Waals surface area (Å²) in [5.41, 5.74) is 0.581. The molecule has 1 N–H and O–H groups in total. The first-order chi connectivity index (χ1) is 9.22. The summed E-state index contributed by atoms with van der Waals surface area (Å²) in [5.74, 6) is 0.598. The third kappa shape index (κ3) is 2.77. The van der Waals surface area contributed by atoms with Crippen molar-refractivity contribution in [1.29, 1.82) is 0 Å². The third-order valence-corrected chi connectivity index (χ3v) is 3.54. The van der Waals surface area contributed by atoms with Crippen LogP contribution in [0, 0.1) is 5.82 Å². The Hall–Kier alpha value is -1.46. The average molecular weight is 282 g/mol. The van der Waals surface area contributed by atoms with Gasteiger partial charge in [-0.05, 0) is 37.6 Å². The number of benzene rings is 1. The highest BCUT2D eigenvalue weighted by molar-refractivity contribution is 6.33. The van der Waals surface area contributed by atoms with E-state index in [4.69, 9.17) is 16.1 Å². The number of halogens is 2. The normalized spacial score (nSPS) is 18.9. The summed E-state index contributed by atoms with van der Waals surface area (Å²) in [6.45, 7) is 1.04. The number of nitrogens with one attached hydrogen (secondary N) is 1. The van der Waals surface area contributed by atoms with E-state index in [-0.39, 0.29) is 10.8 Å². The van der Waals surface area contributed by atoms with Crippen LogP contribution in [-0.2, 0) is 6.42 Å². The van der Waals surface area contributed by atoms with Crippen LogP contribution in [0.4, 0.5) is 4.39 Å². The molecule has 1 saturated heterocycles. The van der Waals surface area contributed by atoms with Gasteiger partial charge < -0.3 is 9.84 Å². The third-order valence-electron chi connectivity index (χ3n) is 3.22. The van der Waals surface area contributed by atoms with Crippen LogP contribution in [0.15, 0.2) is 22.7 Å². The van der Waals surface area contributed by atoms with Crippen LogP contribution in [-0.4, -0.2) is 22.7 Å².